The second-order valence-corrected chi connectivity index (χ2v) is 10.5. The summed E-state index contributed by atoms with van der Waals surface area (Å²) in [5, 5.41) is 34.1. The second-order valence-electron chi connectivity index (χ2n) is 10.5. The van der Waals surface area contributed by atoms with Gasteiger partial charge in [-0.3, -0.25) is 4.98 Å². The average molecular weight is 384 g/mol. The normalized spacial score (nSPS) is 52.6. The predicted molar refractivity (Wildman–Crippen MR) is 107 cm³/mol. The van der Waals surface area contributed by atoms with Gasteiger partial charge in [0.2, 0.25) is 0 Å². The van der Waals surface area contributed by atoms with Crippen molar-refractivity contribution in [3.8, 4) is 0 Å². The maximum absolute atomic E-state index is 12.1. The Kier molecular flexibility index (Phi) is 3.96. The minimum Gasteiger partial charge on any atom is -0.393 e. The standard InChI is InChI=1S/C24H33NO3/c1-21-9-7-18(26)14-16(21)5-6-20-19(21)8-10-22(2)23(27,11-12-24(20,22)28)17-4-3-13-25-15-17/h3-4,11-13,15-16,18-20,26-28H,5-10,14H2,1-2H3/t16-,18+,19+,20-,21+,22-,23+,24+/m1/s1. The summed E-state index contributed by atoms with van der Waals surface area (Å²) in [5.74, 6) is 1.15. The third kappa shape index (κ3) is 2.15. The van der Waals surface area contributed by atoms with E-state index in [1.165, 1.54) is 0 Å². The Morgan fingerprint density at radius 1 is 1.00 bits per heavy atom. The highest BCUT2D eigenvalue weighted by atomic mass is 16.3. The first-order chi connectivity index (χ1) is 13.2. The molecule has 0 radical (unpaired) electrons. The molecule has 0 aromatic carbocycles. The molecule has 3 N–H and O–H groups in total. The van der Waals surface area contributed by atoms with E-state index in [-0.39, 0.29) is 17.4 Å². The van der Waals surface area contributed by atoms with Gasteiger partial charge < -0.3 is 15.3 Å². The van der Waals surface area contributed by atoms with Gasteiger partial charge in [0.15, 0.2) is 0 Å². The number of hydrogen-bond donors (Lipinski definition) is 3. The number of fused-ring (bicyclic) bond motifs is 5. The number of aliphatic hydroxyl groups excluding tert-OH is 1. The van der Waals surface area contributed by atoms with Gasteiger partial charge in [-0.25, -0.2) is 0 Å². The molecule has 0 bridgehead atoms. The molecule has 0 aliphatic heterocycles. The summed E-state index contributed by atoms with van der Waals surface area (Å²) < 4.78 is 0. The van der Waals surface area contributed by atoms with E-state index < -0.39 is 16.6 Å². The van der Waals surface area contributed by atoms with Crippen LogP contribution in [-0.4, -0.2) is 32.0 Å². The van der Waals surface area contributed by atoms with Crippen LogP contribution in [0, 0.1) is 28.6 Å². The van der Waals surface area contributed by atoms with Gasteiger partial charge in [0.1, 0.15) is 5.60 Å². The molecule has 3 fully saturated rings. The summed E-state index contributed by atoms with van der Waals surface area (Å²) in [6.07, 6.45) is 13.7. The lowest BCUT2D eigenvalue weighted by molar-refractivity contribution is -0.227. The van der Waals surface area contributed by atoms with Crippen molar-refractivity contribution in [3.63, 3.8) is 0 Å². The number of pyridine rings is 1. The van der Waals surface area contributed by atoms with Crippen molar-refractivity contribution >= 4 is 0 Å². The molecule has 0 unspecified atom stereocenters. The minimum atomic E-state index is -1.19. The monoisotopic (exact) mass is 383 g/mol. The van der Waals surface area contributed by atoms with E-state index in [2.05, 4.69) is 18.8 Å². The van der Waals surface area contributed by atoms with Crippen LogP contribution < -0.4 is 0 Å². The molecule has 4 aliphatic rings. The van der Waals surface area contributed by atoms with E-state index in [0.717, 1.165) is 50.5 Å². The molecule has 0 saturated heterocycles. The molecule has 152 valence electrons. The molecular formula is C24H33NO3. The molecule has 28 heavy (non-hydrogen) atoms. The van der Waals surface area contributed by atoms with Crippen LogP contribution in [0.2, 0.25) is 0 Å². The fourth-order valence-corrected chi connectivity index (χ4v) is 7.72. The van der Waals surface area contributed by atoms with E-state index in [1.807, 2.05) is 24.3 Å². The lowest BCUT2D eigenvalue weighted by Gasteiger charge is -2.64. The Balaban J connectivity index is 1.54. The maximum atomic E-state index is 12.1. The van der Waals surface area contributed by atoms with E-state index in [9.17, 15) is 15.3 Å². The molecule has 5 rings (SSSR count). The van der Waals surface area contributed by atoms with Crippen molar-refractivity contribution in [3.05, 3.63) is 42.2 Å². The average Bonchev–Trinajstić information content (AvgIpc) is 2.91. The van der Waals surface area contributed by atoms with Gasteiger partial charge in [-0.1, -0.05) is 26.0 Å². The highest BCUT2D eigenvalue weighted by Crippen LogP contribution is 2.69. The van der Waals surface area contributed by atoms with Crippen LogP contribution in [-0.2, 0) is 5.60 Å². The van der Waals surface area contributed by atoms with Crippen LogP contribution in [0.4, 0.5) is 0 Å². The van der Waals surface area contributed by atoms with Gasteiger partial charge in [0, 0.05) is 23.4 Å². The molecule has 4 aliphatic carbocycles. The van der Waals surface area contributed by atoms with Crippen LogP contribution in [0.1, 0.15) is 64.4 Å². The van der Waals surface area contributed by atoms with Crippen molar-refractivity contribution in [2.45, 2.75) is 76.1 Å². The van der Waals surface area contributed by atoms with Crippen LogP contribution in [0.15, 0.2) is 36.7 Å². The van der Waals surface area contributed by atoms with Gasteiger partial charge in [-0.15, -0.1) is 0 Å². The zero-order chi connectivity index (χ0) is 19.8. The van der Waals surface area contributed by atoms with Crippen LogP contribution in [0.3, 0.4) is 0 Å². The van der Waals surface area contributed by atoms with Crippen molar-refractivity contribution < 1.29 is 15.3 Å². The zero-order valence-electron chi connectivity index (χ0n) is 17.0. The molecule has 0 amide bonds. The van der Waals surface area contributed by atoms with Crippen molar-refractivity contribution in [2.24, 2.45) is 28.6 Å². The summed E-state index contributed by atoms with van der Waals surface area (Å²) in [6.45, 7) is 4.47. The highest BCUT2D eigenvalue weighted by molar-refractivity contribution is 5.40. The molecule has 8 atom stereocenters. The molecule has 0 spiro atoms. The Morgan fingerprint density at radius 3 is 2.57 bits per heavy atom. The second kappa shape index (κ2) is 5.90. The number of rotatable bonds is 1. The molecule has 1 aromatic rings. The minimum absolute atomic E-state index is 0.157. The predicted octanol–water partition coefficient (Wildman–Crippen LogP) is 3.56. The summed E-state index contributed by atoms with van der Waals surface area (Å²) in [5.41, 5.74) is -1.90. The van der Waals surface area contributed by atoms with Crippen molar-refractivity contribution in [1.29, 1.82) is 0 Å². The van der Waals surface area contributed by atoms with E-state index in [1.54, 1.807) is 12.4 Å². The van der Waals surface area contributed by atoms with Gasteiger partial charge >= 0.3 is 0 Å². The van der Waals surface area contributed by atoms with Gasteiger partial charge in [-0.05, 0) is 80.3 Å². The van der Waals surface area contributed by atoms with Crippen LogP contribution in [0.5, 0.6) is 0 Å². The Labute approximate surface area is 167 Å². The number of aliphatic hydroxyl groups is 3. The maximum Gasteiger partial charge on any atom is 0.118 e. The SMILES string of the molecule is C[C@]12CC[C@H](O)C[C@H]1CC[C@@H]1[C@@H]2CC[C@]2(C)[C@@](O)(c3cccnc3)C=C[C@]12O. The first-order valence-corrected chi connectivity index (χ1v) is 11.0. The largest absolute Gasteiger partial charge is 0.393 e. The smallest absolute Gasteiger partial charge is 0.118 e. The molecule has 1 heterocycles. The number of aromatic nitrogens is 1. The topological polar surface area (TPSA) is 73.6 Å². The molecule has 3 saturated carbocycles. The molecular weight excluding hydrogens is 350 g/mol. The molecule has 1 aromatic heterocycles. The van der Waals surface area contributed by atoms with E-state index in [0.29, 0.717) is 11.8 Å². The Hall–Kier alpha value is -1.23. The first kappa shape index (κ1) is 18.8. The fraction of sp³-hybridized carbons (Fsp3) is 0.708. The van der Waals surface area contributed by atoms with Gasteiger partial charge in [-0.2, -0.15) is 0 Å². The first-order valence-electron chi connectivity index (χ1n) is 11.0. The highest BCUT2D eigenvalue weighted by Gasteiger charge is 2.70. The molecule has 4 heteroatoms. The Morgan fingerprint density at radius 2 is 1.82 bits per heavy atom. The third-order valence-electron chi connectivity index (χ3n) is 9.59. The lowest BCUT2D eigenvalue weighted by Crippen LogP contribution is -2.65. The third-order valence-corrected chi connectivity index (χ3v) is 9.59. The summed E-state index contributed by atoms with van der Waals surface area (Å²) in [6, 6.07) is 3.77. The summed E-state index contributed by atoms with van der Waals surface area (Å²) in [7, 11) is 0. The van der Waals surface area contributed by atoms with Crippen molar-refractivity contribution in [1.82, 2.24) is 4.98 Å². The van der Waals surface area contributed by atoms with Gasteiger partial charge in [0.25, 0.3) is 0 Å². The lowest BCUT2D eigenvalue weighted by atomic mass is 9.42. The van der Waals surface area contributed by atoms with Gasteiger partial charge in [0.05, 0.1) is 11.7 Å². The van der Waals surface area contributed by atoms with E-state index >= 15 is 0 Å². The molecule has 4 nitrogen and oxygen atoms in total. The fourth-order valence-electron chi connectivity index (χ4n) is 7.72. The quantitative estimate of drug-likeness (QED) is 0.648. The summed E-state index contributed by atoms with van der Waals surface area (Å²) in [4.78, 5) is 4.22. The summed E-state index contributed by atoms with van der Waals surface area (Å²) >= 11 is 0. The van der Waals surface area contributed by atoms with Crippen LogP contribution >= 0.6 is 0 Å². The number of hydrogen-bond acceptors (Lipinski definition) is 4. The Bertz CT molecular complexity index is 796. The van der Waals surface area contributed by atoms with E-state index in [4.69, 9.17) is 0 Å². The zero-order valence-corrected chi connectivity index (χ0v) is 17.0. The van der Waals surface area contributed by atoms with Crippen LogP contribution in [0.25, 0.3) is 0 Å². The number of nitrogens with zero attached hydrogens (tertiary/aromatic N) is 1. The van der Waals surface area contributed by atoms with Crippen molar-refractivity contribution in [2.75, 3.05) is 0 Å².